The molecule has 1 aliphatic rings. The number of carbonyl (C=O) groups excluding carboxylic acids is 1. The number of halogens is 2. The van der Waals surface area contributed by atoms with Crippen LogP contribution in [-0.4, -0.2) is 12.1 Å². The summed E-state index contributed by atoms with van der Waals surface area (Å²) in [5.74, 6) is 0.372. The molecule has 0 bridgehead atoms. The predicted molar refractivity (Wildman–Crippen MR) is 77.5 cm³/mol. The Labute approximate surface area is 124 Å². The van der Waals surface area contributed by atoms with Crippen LogP contribution in [0, 0.1) is 5.92 Å². The number of rotatable bonds is 4. The maximum Gasteiger partial charge on any atom is 0.397 e. The first-order valence-corrected chi connectivity index (χ1v) is 7.60. The van der Waals surface area contributed by atoms with Gasteiger partial charge in [-0.25, -0.2) is 4.79 Å². The van der Waals surface area contributed by atoms with Crippen molar-refractivity contribution in [3.05, 3.63) is 35.4 Å². The van der Waals surface area contributed by atoms with Crippen LogP contribution >= 0.6 is 0 Å². The number of hydrogen-bond acceptors (Lipinski definition) is 2. The van der Waals surface area contributed by atoms with E-state index in [4.69, 9.17) is 0 Å². The summed E-state index contributed by atoms with van der Waals surface area (Å²) in [7, 11) is 0. The van der Waals surface area contributed by atoms with Crippen molar-refractivity contribution in [2.75, 3.05) is 0 Å². The molecule has 0 aliphatic heterocycles. The van der Waals surface area contributed by atoms with Gasteiger partial charge < -0.3 is 4.74 Å². The van der Waals surface area contributed by atoms with Crippen molar-refractivity contribution in [1.29, 1.82) is 0 Å². The molecule has 116 valence electrons. The second kappa shape index (κ2) is 6.54. The summed E-state index contributed by atoms with van der Waals surface area (Å²) in [6.07, 6.45) is 2.61. The number of esters is 1. The molecule has 0 atom stereocenters. The van der Waals surface area contributed by atoms with E-state index < -0.39 is 12.1 Å². The molecule has 0 N–H and O–H groups in total. The first kappa shape index (κ1) is 15.9. The van der Waals surface area contributed by atoms with Gasteiger partial charge in [0.25, 0.3) is 0 Å². The Kier molecular flexibility index (Phi) is 4.96. The van der Waals surface area contributed by atoms with Crippen molar-refractivity contribution in [3.8, 4) is 0 Å². The van der Waals surface area contributed by atoms with Gasteiger partial charge >= 0.3 is 12.1 Å². The standard InChI is InChI=1S/C17H22F2O2/c1-3-12-4-6-13(7-5-12)14-8-10-15(11-9-14)16(20)21-17(2,18)19/h8-13H,3-7H2,1-2H3. The highest BCUT2D eigenvalue weighted by Crippen LogP contribution is 2.36. The number of ether oxygens (including phenoxy) is 1. The molecule has 2 rings (SSSR count). The van der Waals surface area contributed by atoms with Crippen molar-refractivity contribution in [3.63, 3.8) is 0 Å². The van der Waals surface area contributed by atoms with Crippen LogP contribution in [0.3, 0.4) is 0 Å². The van der Waals surface area contributed by atoms with E-state index in [-0.39, 0.29) is 5.56 Å². The van der Waals surface area contributed by atoms with Gasteiger partial charge in [0.1, 0.15) is 0 Å². The molecule has 0 aromatic heterocycles. The third kappa shape index (κ3) is 4.51. The molecule has 1 aliphatic carbocycles. The lowest BCUT2D eigenvalue weighted by molar-refractivity contribution is -0.185. The van der Waals surface area contributed by atoms with Gasteiger partial charge in [-0.1, -0.05) is 25.5 Å². The smallest absolute Gasteiger partial charge is 0.397 e. The van der Waals surface area contributed by atoms with Gasteiger partial charge in [-0.15, -0.1) is 0 Å². The van der Waals surface area contributed by atoms with Crippen LogP contribution in [0.15, 0.2) is 24.3 Å². The molecule has 0 unspecified atom stereocenters. The SMILES string of the molecule is CCC1CCC(c2ccc(C(=O)OC(C)(F)F)cc2)CC1. The van der Waals surface area contributed by atoms with Crippen LogP contribution in [0.1, 0.15) is 67.8 Å². The van der Waals surface area contributed by atoms with Gasteiger partial charge in [0.2, 0.25) is 0 Å². The quantitative estimate of drug-likeness (QED) is 0.719. The Balaban J connectivity index is 1.98. The van der Waals surface area contributed by atoms with Crippen molar-refractivity contribution >= 4 is 5.97 Å². The van der Waals surface area contributed by atoms with Crippen molar-refractivity contribution in [2.24, 2.45) is 5.92 Å². The first-order chi connectivity index (χ1) is 9.89. The highest BCUT2D eigenvalue weighted by atomic mass is 19.3. The van der Waals surface area contributed by atoms with Crippen LogP contribution < -0.4 is 0 Å². The van der Waals surface area contributed by atoms with Crippen LogP contribution in [0.2, 0.25) is 0 Å². The average molecular weight is 296 g/mol. The lowest BCUT2D eigenvalue weighted by Gasteiger charge is -2.28. The van der Waals surface area contributed by atoms with E-state index in [1.807, 2.05) is 12.1 Å². The average Bonchev–Trinajstić information content (AvgIpc) is 2.46. The van der Waals surface area contributed by atoms with E-state index in [0.717, 1.165) is 18.8 Å². The summed E-state index contributed by atoms with van der Waals surface area (Å²) >= 11 is 0. The maximum atomic E-state index is 12.7. The number of hydrogen-bond donors (Lipinski definition) is 0. The Bertz CT molecular complexity index is 469. The van der Waals surface area contributed by atoms with Crippen LogP contribution in [0.4, 0.5) is 8.78 Å². The molecule has 1 saturated carbocycles. The maximum absolute atomic E-state index is 12.7. The lowest BCUT2D eigenvalue weighted by atomic mass is 9.78. The Morgan fingerprint density at radius 1 is 1.19 bits per heavy atom. The summed E-state index contributed by atoms with van der Waals surface area (Å²) in [4.78, 5) is 11.5. The summed E-state index contributed by atoms with van der Waals surface area (Å²) in [6, 6.07) is 6.88. The second-order valence-corrected chi connectivity index (χ2v) is 5.95. The van der Waals surface area contributed by atoms with Gasteiger partial charge in [-0.2, -0.15) is 8.78 Å². The van der Waals surface area contributed by atoms with Crippen molar-refractivity contribution in [1.82, 2.24) is 0 Å². The van der Waals surface area contributed by atoms with E-state index >= 15 is 0 Å². The molecule has 1 fully saturated rings. The minimum absolute atomic E-state index is 0.169. The number of alkyl halides is 2. The Morgan fingerprint density at radius 2 is 1.76 bits per heavy atom. The lowest BCUT2D eigenvalue weighted by Crippen LogP contribution is -2.20. The number of carbonyl (C=O) groups is 1. The fraction of sp³-hybridized carbons (Fsp3) is 0.588. The first-order valence-electron chi connectivity index (χ1n) is 7.60. The molecule has 4 heteroatoms. The molecule has 0 spiro atoms. The van der Waals surface area contributed by atoms with Gasteiger partial charge in [0.05, 0.1) is 5.56 Å². The summed E-state index contributed by atoms with van der Waals surface area (Å²) in [6.45, 7) is 2.79. The molecular formula is C17H22F2O2. The fourth-order valence-corrected chi connectivity index (χ4v) is 3.02. The van der Waals surface area contributed by atoms with Crippen molar-refractivity contribution < 1.29 is 18.3 Å². The number of benzene rings is 1. The molecule has 0 amide bonds. The van der Waals surface area contributed by atoms with Gasteiger partial charge in [-0.05, 0) is 55.2 Å². The predicted octanol–water partition coefficient (Wildman–Crippen LogP) is 5.14. The van der Waals surface area contributed by atoms with Gasteiger partial charge in [0.15, 0.2) is 0 Å². The zero-order valence-corrected chi connectivity index (χ0v) is 12.6. The molecule has 0 heterocycles. The third-order valence-electron chi connectivity index (χ3n) is 4.31. The van der Waals surface area contributed by atoms with Crippen LogP contribution in [0.5, 0.6) is 0 Å². The zero-order chi connectivity index (χ0) is 15.5. The minimum atomic E-state index is -3.44. The summed E-state index contributed by atoms with van der Waals surface area (Å²) in [5.41, 5.74) is 1.35. The largest absolute Gasteiger partial charge is 0.397 e. The fourth-order valence-electron chi connectivity index (χ4n) is 3.02. The van der Waals surface area contributed by atoms with E-state index in [1.165, 1.54) is 24.8 Å². The molecular weight excluding hydrogens is 274 g/mol. The molecule has 0 radical (unpaired) electrons. The van der Waals surface area contributed by atoms with Gasteiger partial charge in [-0.3, -0.25) is 0 Å². The van der Waals surface area contributed by atoms with E-state index in [9.17, 15) is 13.6 Å². The Hall–Kier alpha value is -1.45. The highest BCUT2D eigenvalue weighted by Gasteiger charge is 2.27. The highest BCUT2D eigenvalue weighted by molar-refractivity contribution is 5.89. The van der Waals surface area contributed by atoms with Gasteiger partial charge in [0, 0.05) is 6.92 Å². The molecule has 0 saturated heterocycles. The molecule has 2 nitrogen and oxygen atoms in total. The monoisotopic (exact) mass is 296 g/mol. The van der Waals surface area contributed by atoms with E-state index in [2.05, 4.69) is 11.7 Å². The van der Waals surface area contributed by atoms with Crippen molar-refractivity contribution in [2.45, 2.75) is 58.0 Å². The summed E-state index contributed by atoms with van der Waals surface area (Å²) in [5, 5.41) is 0. The Morgan fingerprint density at radius 3 is 2.24 bits per heavy atom. The minimum Gasteiger partial charge on any atom is -0.397 e. The van der Waals surface area contributed by atoms with E-state index in [0.29, 0.717) is 12.8 Å². The van der Waals surface area contributed by atoms with E-state index in [1.54, 1.807) is 12.1 Å². The zero-order valence-electron chi connectivity index (χ0n) is 12.6. The third-order valence-corrected chi connectivity index (χ3v) is 4.31. The molecule has 21 heavy (non-hydrogen) atoms. The summed E-state index contributed by atoms with van der Waals surface area (Å²) < 4.78 is 29.4. The van der Waals surface area contributed by atoms with Crippen LogP contribution in [0.25, 0.3) is 0 Å². The second-order valence-electron chi connectivity index (χ2n) is 5.95. The van der Waals surface area contributed by atoms with Crippen LogP contribution in [-0.2, 0) is 4.74 Å². The molecule has 1 aromatic rings. The molecule has 1 aromatic carbocycles. The normalized spacial score (nSPS) is 22.9. The topological polar surface area (TPSA) is 26.3 Å².